The van der Waals surface area contributed by atoms with E-state index in [0.717, 1.165) is 23.7 Å². The van der Waals surface area contributed by atoms with Crippen LogP contribution in [0.15, 0.2) is 30.7 Å². The number of aryl methyl sites for hydroxylation is 1. The highest BCUT2D eigenvalue weighted by molar-refractivity contribution is 6.04. The van der Waals surface area contributed by atoms with E-state index >= 15 is 0 Å². The van der Waals surface area contributed by atoms with Crippen LogP contribution in [-0.4, -0.2) is 63.6 Å². The molecule has 3 aromatic rings. The van der Waals surface area contributed by atoms with Crippen molar-refractivity contribution >= 4 is 34.4 Å². The van der Waals surface area contributed by atoms with Gasteiger partial charge in [-0.2, -0.15) is 5.10 Å². The van der Waals surface area contributed by atoms with E-state index in [2.05, 4.69) is 37.5 Å². The smallest absolute Gasteiger partial charge is 0.407 e. The SMILES string of the molecule is CC#CCOc1cc2nn(C)cc2cc1NC(=O)c1cnc(N2CC[C@@H](OC(=O)NC3CC3)C2)cn1. The van der Waals surface area contributed by atoms with Gasteiger partial charge in [0.15, 0.2) is 0 Å². The molecule has 0 bridgehead atoms. The lowest BCUT2D eigenvalue weighted by molar-refractivity contribution is 0.102. The minimum absolute atomic E-state index is 0.167. The number of anilines is 2. The lowest BCUT2D eigenvalue weighted by Gasteiger charge is -2.17. The molecule has 5 rings (SSSR count). The van der Waals surface area contributed by atoms with Gasteiger partial charge in [-0.15, -0.1) is 5.92 Å². The number of hydrogen-bond donors (Lipinski definition) is 2. The Bertz CT molecular complexity index is 1340. The highest BCUT2D eigenvalue weighted by Gasteiger charge is 2.29. The molecule has 2 fully saturated rings. The normalized spacial score (nSPS) is 16.8. The Kier molecular flexibility index (Phi) is 6.58. The summed E-state index contributed by atoms with van der Waals surface area (Å²) in [6.45, 7) is 3.14. The number of nitrogens with one attached hydrogen (secondary N) is 2. The standard InChI is InChI=1S/C25H27N7O4/c1-3-4-9-35-22-11-19-16(14-31(2)30-19)10-20(22)29-24(33)21-12-27-23(13-26-21)32-8-7-18(15-32)36-25(34)28-17-5-6-17/h10-14,17-18H,5-9,15H2,1-2H3,(H,28,34)(H,29,33)/t18-/m1/s1. The lowest BCUT2D eigenvalue weighted by Crippen LogP contribution is -2.32. The molecule has 1 atom stereocenters. The molecule has 3 heterocycles. The van der Waals surface area contributed by atoms with Gasteiger partial charge in [0.1, 0.15) is 30.0 Å². The number of aromatic nitrogens is 4. The van der Waals surface area contributed by atoms with Crippen LogP contribution < -0.4 is 20.3 Å². The van der Waals surface area contributed by atoms with Gasteiger partial charge in [0.2, 0.25) is 0 Å². The Morgan fingerprint density at radius 3 is 2.81 bits per heavy atom. The number of benzene rings is 1. The summed E-state index contributed by atoms with van der Waals surface area (Å²) >= 11 is 0. The first-order chi connectivity index (χ1) is 17.5. The zero-order valence-corrected chi connectivity index (χ0v) is 20.2. The molecular weight excluding hydrogens is 462 g/mol. The summed E-state index contributed by atoms with van der Waals surface area (Å²) in [6, 6.07) is 3.84. The van der Waals surface area contributed by atoms with Gasteiger partial charge >= 0.3 is 6.09 Å². The first kappa shape index (κ1) is 23.4. The minimum Gasteiger partial charge on any atom is -0.479 e. The van der Waals surface area contributed by atoms with Crippen molar-refractivity contribution in [3.8, 4) is 17.6 Å². The molecule has 11 nitrogen and oxygen atoms in total. The van der Waals surface area contributed by atoms with E-state index in [1.807, 2.05) is 18.1 Å². The van der Waals surface area contributed by atoms with E-state index < -0.39 is 5.91 Å². The van der Waals surface area contributed by atoms with Crippen molar-refractivity contribution < 1.29 is 19.1 Å². The molecule has 2 aromatic heterocycles. The summed E-state index contributed by atoms with van der Waals surface area (Å²) in [5.74, 6) is 6.31. The van der Waals surface area contributed by atoms with Crippen molar-refractivity contribution in [2.24, 2.45) is 7.05 Å². The van der Waals surface area contributed by atoms with Gasteiger partial charge in [0.05, 0.1) is 30.1 Å². The number of alkyl carbamates (subject to hydrolysis) is 1. The predicted octanol–water partition coefficient (Wildman–Crippen LogP) is 2.49. The van der Waals surface area contributed by atoms with E-state index in [9.17, 15) is 9.59 Å². The summed E-state index contributed by atoms with van der Waals surface area (Å²) in [5.41, 5.74) is 1.41. The fourth-order valence-corrected chi connectivity index (χ4v) is 3.98. The van der Waals surface area contributed by atoms with E-state index in [4.69, 9.17) is 9.47 Å². The van der Waals surface area contributed by atoms with E-state index in [1.54, 1.807) is 29.9 Å². The van der Waals surface area contributed by atoms with Gasteiger partial charge in [-0.1, -0.05) is 5.92 Å². The van der Waals surface area contributed by atoms with Crippen LogP contribution in [0.25, 0.3) is 10.9 Å². The van der Waals surface area contributed by atoms with Crippen LogP contribution in [0.4, 0.5) is 16.3 Å². The van der Waals surface area contributed by atoms with Crippen LogP contribution in [0.3, 0.4) is 0 Å². The van der Waals surface area contributed by atoms with Crippen molar-refractivity contribution in [1.29, 1.82) is 0 Å². The summed E-state index contributed by atoms with van der Waals surface area (Å²) in [6.07, 6.45) is 7.03. The van der Waals surface area contributed by atoms with Crippen LogP contribution in [0.1, 0.15) is 36.7 Å². The van der Waals surface area contributed by atoms with Gasteiger partial charge in [0, 0.05) is 43.7 Å². The molecule has 2 N–H and O–H groups in total. The third-order valence-electron chi connectivity index (χ3n) is 5.96. The van der Waals surface area contributed by atoms with Crippen LogP contribution in [-0.2, 0) is 11.8 Å². The van der Waals surface area contributed by atoms with Crippen LogP contribution in [0.5, 0.6) is 5.75 Å². The van der Waals surface area contributed by atoms with Gasteiger partial charge in [-0.3, -0.25) is 9.48 Å². The quantitative estimate of drug-likeness (QED) is 0.485. The van der Waals surface area contributed by atoms with Crippen molar-refractivity contribution in [2.75, 3.05) is 29.9 Å². The summed E-state index contributed by atoms with van der Waals surface area (Å²) < 4.78 is 12.9. The number of rotatable bonds is 7. The maximum Gasteiger partial charge on any atom is 0.407 e. The summed E-state index contributed by atoms with van der Waals surface area (Å²) in [5, 5.41) is 11.0. The van der Waals surface area contributed by atoms with Crippen LogP contribution in [0.2, 0.25) is 0 Å². The Labute approximate surface area is 208 Å². The summed E-state index contributed by atoms with van der Waals surface area (Å²) in [4.78, 5) is 35.5. The maximum atomic E-state index is 12.9. The Morgan fingerprint density at radius 1 is 1.19 bits per heavy atom. The highest BCUT2D eigenvalue weighted by atomic mass is 16.6. The summed E-state index contributed by atoms with van der Waals surface area (Å²) in [7, 11) is 1.83. The monoisotopic (exact) mass is 489 g/mol. The third kappa shape index (κ3) is 5.49. The molecular formula is C25H27N7O4. The number of carbonyl (C=O) groups excluding carboxylic acids is 2. The molecule has 11 heteroatoms. The average molecular weight is 490 g/mol. The van der Waals surface area contributed by atoms with Gasteiger partial charge in [-0.05, 0) is 25.8 Å². The largest absolute Gasteiger partial charge is 0.479 e. The number of hydrogen-bond acceptors (Lipinski definition) is 8. The molecule has 0 spiro atoms. The van der Waals surface area contributed by atoms with E-state index in [1.165, 1.54) is 6.20 Å². The minimum atomic E-state index is -0.414. The maximum absolute atomic E-state index is 12.9. The van der Waals surface area contributed by atoms with Crippen molar-refractivity contribution in [3.05, 3.63) is 36.4 Å². The molecule has 1 saturated heterocycles. The number of amides is 2. The predicted molar refractivity (Wildman–Crippen MR) is 133 cm³/mol. The molecule has 0 unspecified atom stereocenters. The lowest BCUT2D eigenvalue weighted by atomic mass is 10.2. The van der Waals surface area contributed by atoms with Crippen LogP contribution >= 0.6 is 0 Å². The number of fused-ring (bicyclic) bond motifs is 1. The first-order valence-electron chi connectivity index (χ1n) is 11.8. The van der Waals surface area contributed by atoms with Gasteiger partial charge in [-0.25, -0.2) is 14.8 Å². The zero-order chi connectivity index (χ0) is 25.1. The van der Waals surface area contributed by atoms with Crippen molar-refractivity contribution in [2.45, 2.75) is 38.3 Å². The molecule has 2 amide bonds. The molecule has 2 aliphatic rings. The third-order valence-corrected chi connectivity index (χ3v) is 5.96. The second-order valence-corrected chi connectivity index (χ2v) is 8.82. The molecule has 36 heavy (non-hydrogen) atoms. The molecule has 1 aliphatic carbocycles. The molecule has 1 aliphatic heterocycles. The Morgan fingerprint density at radius 2 is 2.06 bits per heavy atom. The first-order valence-corrected chi connectivity index (χ1v) is 11.8. The molecule has 186 valence electrons. The van der Waals surface area contributed by atoms with Gasteiger partial charge < -0.3 is 25.0 Å². The fourth-order valence-electron chi connectivity index (χ4n) is 3.98. The molecule has 1 saturated carbocycles. The van der Waals surface area contributed by atoms with Gasteiger partial charge in [0.25, 0.3) is 5.91 Å². The number of carbonyl (C=O) groups is 2. The van der Waals surface area contributed by atoms with E-state index in [-0.39, 0.29) is 30.5 Å². The second-order valence-electron chi connectivity index (χ2n) is 8.82. The van der Waals surface area contributed by atoms with E-state index in [0.29, 0.717) is 36.8 Å². The highest BCUT2D eigenvalue weighted by Crippen LogP contribution is 2.30. The Hall–Kier alpha value is -4.33. The Balaban J connectivity index is 1.23. The topological polar surface area (TPSA) is 123 Å². The van der Waals surface area contributed by atoms with Crippen molar-refractivity contribution in [3.63, 3.8) is 0 Å². The fraction of sp³-hybridized carbons (Fsp3) is 0.400. The number of nitrogens with zero attached hydrogens (tertiary/aromatic N) is 5. The molecule has 1 aromatic carbocycles. The average Bonchev–Trinajstić information content (AvgIpc) is 3.41. The second kappa shape index (κ2) is 10.1. The van der Waals surface area contributed by atoms with Crippen LogP contribution in [0, 0.1) is 11.8 Å². The zero-order valence-electron chi connectivity index (χ0n) is 20.2. The van der Waals surface area contributed by atoms with Crippen molar-refractivity contribution in [1.82, 2.24) is 25.1 Å². The number of ether oxygens (including phenoxy) is 2. The molecule has 0 radical (unpaired) electrons.